The Kier molecular flexibility index (Phi) is 4.33. The summed E-state index contributed by atoms with van der Waals surface area (Å²) in [5.41, 5.74) is 0.904. The van der Waals surface area contributed by atoms with E-state index < -0.39 is 0 Å². The molecule has 0 radical (unpaired) electrons. The van der Waals surface area contributed by atoms with Gasteiger partial charge in [0.25, 0.3) is 0 Å². The van der Waals surface area contributed by atoms with Crippen LogP contribution in [0.3, 0.4) is 0 Å². The van der Waals surface area contributed by atoms with Gasteiger partial charge in [0.15, 0.2) is 0 Å². The summed E-state index contributed by atoms with van der Waals surface area (Å²) >= 11 is 5.88. The smallest absolute Gasteiger partial charge is 0.226 e. The third-order valence-electron chi connectivity index (χ3n) is 2.19. The van der Waals surface area contributed by atoms with Gasteiger partial charge in [0.05, 0.1) is 0 Å². The van der Waals surface area contributed by atoms with Crippen LogP contribution in [0.4, 0.5) is 5.95 Å². The van der Waals surface area contributed by atoms with Crippen molar-refractivity contribution in [2.24, 2.45) is 5.92 Å². The molecule has 4 heteroatoms. The van der Waals surface area contributed by atoms with Crippen molar-refractivity contribution in [2.75, 3.05) is 18.5 Å². The van der Waals surface area contributed by atoms with Crippen molar-refractivity contribution < 1.29 is 0 Å². The largest absolute Gasteiger partial charge is 0.344 e. The summed E-state index contributed by atoms with van der Waals surface area (Å²) < 4.78 is 0. The molecule has 0 aromatic carbocycles. The van der Waals surface area contributed by atoms with Crippen LogP contribution in [0, 0.1) is 12.8 Å². The molecule has 0 aliphatic carbocycles. The van der Waals surface area contributed by atoms with E-state index in [0.717, 1.165) is 18.7 Å². The van der Waals surface area contributed by atoms with Crippen LogP contribution in [0.2, 0.25) is 5.15 Å². The molecule has 0 aliphatic heterocycles. The van der Waals surface area contributed by atoms with Crippen LogP contribution in [0.25, 0.3) is 0 Å². The molecule has 0 bridgehead atoms. The van der Waals surface area contributed by atoms with Gasteiger partial charge in [-0.3, -0.25) is 0 Å². The zero-order chi connectivity index (χ0) is 11.4. The van der Waals surface area contributed by atoms with E-state index in [1.807, 2.05) is 18.9 Å². The number of nitrogens with zero attached hydrogens (tertiary/aromatic N) is 3. The molecule has 0 saturated carbocycles. The molecule has 0 atom stereocenters. The first-order valence-electron chi connectivity index (χ1n) is 5.21. The summed E-state index contributed by atoms with van der Waals surface area (Å²) in [6.07, 6.45) is 1.13. The van der Waals surface area contributed by atoms with Gasteiger partial charge in [-0.05, 0) is 25.3 Å². The molecule has 0 unspecified atom stereocenters. The van der Waals surface area contributed by atoms with Gasteiger partial charge in [-0.2, -0.15) is 0 Å². The van der Waals surface area contributed by atoms with Crippen LogP contribution < -0.4 is 4.90 Å². The molecule has 1 aromatic heterocycles. The van der Waals surface area contributed by atoms with Crippen molar-refractivity contribution in [1.82, 2.24) is 9.97 Å². The Hall–Kier alpha value is -0.830. The minimum absolute atomic E-state index is 0.508. The normalized spacial score (nSPS) is 10.8. The lowest BCUT2D eigenvalue weighted by molar-refractivity contribution is 0.581. The average Bonchev–Trinajstić information content (AvgIpc) is 2.12. The van der Waals surface area contributed by atoms with Crippen LogP contribution in [-0.2, 0) is 0 Å². The maximum atomic E-state index is 5.88. The number of rotatable bonds is 4. The fourth-order valence-corrected chi connectivity index (χ4v) is 1.47. The van der Waals surface area contributed by atoms with Gasteiger partial charge in [0, 0.05) is 19.3 Å². The predicted molar refractivity (Wildman–Crippen MR) is 64.5 cm³/mol. The Labute approximate surface area is 96.5 Å². The minimum atomic E-state index is 0.508. The van der Waals surface area contributed by atoms with Gasteiger partial charge >= 0.3 is 0 Å². The van der Waals surface area contributed by atoms with Crippen LogP contribution in [-0.4, -0.2) is 23.6 Å². The van der Waals surface area contributed by atoms with E-state index in [9.17, 15) is 0 Å². The molecular formula is C11H18ClN3. The van der Waals surface area contributed by atoms with E-state index >= 15 is 0 Å². The first kappa shape index (κ1) is 12.2. The minimum Gasteiger partial charge on any atom is -0.344 e. The van der Waals surface area contributed by atoms with Gasteiger partial charge in [0.1, 0.15) is 5.15 Å². The van der Waals surface area contributed by atoms with Crippen molar-refractivity contribution in [3.05, 3.63) is 16.9 Å². The van der Waals surface area contributed by atoms with E-state index in [-0.39, 0.29) is 0 Å². The van der Waals surface area contributed by atoms with E-state index in [2.05, 4.69) is 23.8 Å². The fourth-order valence-electron chi connectivity index (χ4n) is 1.24. The zero-order valence-corrected chi connectivity index (χ0v) is 10.5. The van der Waals surface area contributed by atoms with Gasteiger partial charge in [-0.1, -0.05) is 25.4 Å². The summed E-state index contributed by atoms with van der Waals surface area (Å²) in [4.78, 5) is 10.6. The summed E-state index contributed by atoms with van der Waals surface area (Å²) in [7, 11) is 1.99. The molecule has 1 aromatic rings. The molecule has 15 heavy (non-hydrogen) atoms. The summed E-state index contributed by atoms with van der Waals surface area (Å²) in [5, 5.41) is 0.508. The molecule has 0 N–H and O–H groups in total. The van der Waals surface area contributed by atoms with E-state index in [0.29, 0.717) is 17.0 Å². The molecule has 0 spiro atoms. The number of hydrogen-bond donors (Lipinski definition) is 0. The molecule has 3 nitrogen and oxygen atoms in total. The number of halogens is 1. The lowest BCUT2D eigenvalue weighted by atomic mass is 10.1. The van der Waals surface area contributed by atoms with Gasteiger partial charge in [-0.15, -0.1) is 0 Å². The summed E-state index contributed by atoms with van der Waals surface area (Å²) in [6, 6.07) is 1.77. The Morgan fingerprint density at radius 3 is 2.60 bits per heavy atom. The number of hydrogen-bond acceptors (Lipinski definition) is 3. The Balaban J connectivity index is 2.68. The predicted octanol–water partition coefficient (Wildman–Crippen LogP) is 2.92. The summed E-state index contributed by atoms with van der Waals surface area (Å²) in [5.74, 6) is 1.40. The Bertz CT molecular complexity index is 305. The first-order valence-corrected chi connectivity index (χ1v) is 5.59. The molecular weight excluding hydrogens is 210 g/mol. The van der Waals surface area contributed by atoms with Crippen LogP contribution >= 0.6 is 11.6 Å². The standard InChI is InChI=1S/C11H18ClN3/c1-8(2)5-6-15(4)11-13-9(3)7-10(12)14-11/h7-8H,5-6H2,1-4H3. The third kappa shape index (κ3) is 4.04. The van der Waals surface area contributed by atoms with E-state index in [1.54, 1.807) is 6.07 Å². The topological polar surface area (TPSA) is 29.0 Å². The van der Waals surface area contributed by atoms with Gasteiger partial charge in [0.2, 0.25) is 5.95 Å². The molecule has 0 fully saturated rings. The second-order valence-electron chi connectivity index (χ2n) is 4.24. The van der Waals surface area contributed by atoms with E-state index in [4.69, 9.17) is 11.6 Å². The monoisotopic (exact) mass is 227 g/mol. The summed E-state index contributed by atoms with van der Waals surface area (Å²) in [6.45, 7) is 7.29. The molecule has 0 aliphatic rings. The van der Waals surface area contributed by atoms with Crippen molar-refractivity contribution in [2.45, 2.75) is 27.2 Å². The first-order chi connectivity index (χ1) is 6.99. The zero-order valence-electron chi connectivity index (χ0n) is 9.79. The third-order valence-corrected chi connectivity index (χ3v) is 2.39. The lowest BCUT2D eigenvalue weighted by Crippen LogP contribution is -2.22. The SMILES string of the molecule is Cc1cc(Cl)nc(N(C)CCC(C)C)n1. The highest BCUT2D eigenvalue weighted by molar-refractivity contribution is 6.29. The molecule has 0 saturated heterocycles. The molecule has 84 valence electrons. The van der Waals surface area contributed by atoms with Crippen LogP contribution in [0.15, 0.2) is 6.07 Å². The number of aryl methyl sites for hydroxylation is 1. The highest BCUT2D eigenvalue weighted by atomic mass is 35.5. The number of aromatic nitrogens is 2. The van der Waals surface area contributed by atoms with Crippen LogP contribution in [0.5, 0.6) is 0 Å². The van der Waals surface area contributed by atoms with Crippen molar-refractivity contribution >= 4 is 17.5 Å². The molecule has 1 rings (SSSR count). The number of anilines is 1. The second-order valence-corrected chi connectivity index (χ2v) is 4.62. The highest BCUT2D eigenvalue weighted by Gasteiger charge is 2.06. The quantitative estimate of drug-likeness (QED) is 0.741. The average molecular weight is 228 g/mol. The molecule has 1 heterocycles. The van der Waals surface area contributed by atoms with Gasteiger partial charge < -0.3 is 4.90 Å². The maximum absolute atomic E-state index is 5.88. The van der Waals surface area contributed by atoms with Gasteiger partial charge in [-0.25, -0.2) is 9.97 Å². The van der Waals surface area contributed by atoms with Crippen molar-refractivity contribution in [3.63, 3.8) is 0 Å². The van der Waals surface area contributed by atoms with Crippen LogP contribution in [0.1, 0.15) is 26.0 Å². The Morgan fingerprint density at radius 1 is 1.40 bits per heavy atom. The second kappa shape index (κ2) is 5.31. The van der Waals surface area contributed by atoms with E-state index in [1.165, 1.54) is 0 Å². The lowest BCUT2D eigenvalue weighted by Gasteiger charge is -2.18. The molecule has 0 amide bonds. The highest BCUT2D eigenvalue weighted by Crippen LogP contribution is 2.13. The Morgan fingerprint density at radius 2 is 2.07 bits per heavy atom. The van der Waals surface area contributed by atoms with Crippen molar-refractivity contribution in [1.29, 1.82) is 0 Å². The fraction of sp³-hybridized carbons (Fsp3) is 0.636. The maximum Gasteiger partial charge on any atom is 0.226 e. The van der Waals surface area contributed by atoms with Crippen molar-refractivity contribution in [3.8, 4) is 0 Å².